The molecule has 0 spiro atoms. The lowest BCUT2D eigenvalue weighted by Crippen LogP contribution is -2.23. The van der Waals surface area contributed by atoms with Gasteiger partial charge in [0.25, 0.3) is 0 Å². The van der Waals surface area contributed by atoms with Crippen molar-refractivity contribution in [2.45, 2.75) is 19.4 Å². The third-order valence-corrected chi connectivity index (χ3v) is 3.09. The van der Waals surface area contributed by atoms with E-state index in [-0.39, 0.29) is 18.5 Å². The zero-order chi connectivity index (χ0) is 16.0. The first kappa shape index (κ1) is 16.6. The van der Waals surface area contributed by atoms with Crippen molar-refractivity contribution < 1.29 is 29.3 Å². The molecular formula is C14H17NO6. The average Bonchev–Trinajstić information content (AvgIpc) is 2.45. The highest BCUT2D eigenvalue weighted by molar-refractivity contribution is 5.88. The number of methoxy groups -OCH3 is 1. The largest absolute Gasteiger partial charge is 0.481 e. The fourth-order valence-corrected chi connectivity index (χ4v) is 2.03. The molecule has 1 atom stereocenters. The molecule has 114 valence electrons. The number of carboxylic acid groups (broad SMARTS) is 2. The maximum Gasteiger partial charge on any atom is 0.335 e. The van der Waals surface area contributed by atoms with Gasteiger partial charge in [0.05, 0.1) is 25.0 Å². The molecule has 0 amide bonds. The van der Waals surface area contributed by atoms with E-state index >= 15 is 0 Å². The fourth-order valence-electron chi connectivity index (χ4n) is 2.03. The summed E-state index contributed by atoms with van der Waals surface area (Å²) >= 11 is 0. The van der Waals surface area contributed by atoms with E-state index in [0.29, 0.717) is 11.1 Å². The van der Waals surface area contributed by atoms with Crippen molar-refractivity contribution in [1.29, 1.82) is 0 Å². The number of ether oxygens (including phenoxy) is 1. The fraction of sp³-hybridized carbons (Fsp3) is 0.357. The lowest BCUT2D eigenvalue weighted by Gasteiger charge is -2.15. The Morgan fingerprint density at radius 1 is 1.24 bits per heavy atom. The number of aliphatic carboxylic acids is 1. The van der Waals surface area contributed by atoms with Crippen molar-refractivity contribution in [2.75, 3.05) is 7.11 Å². The van der Waals surface area contributed by atoms with Crippen LogP contribution in [0.25, 0.3) is 0 Å². The van der Waals surface area contributed by atoms with Crippen LogP contribution in [-0.2, 0) is 27.3 Å². The van der Waals surface area contributed by atoms with Gasteiger partial charge < -0.3 is 20.7 Å². The van der Waals surface area contributed by atoms with E-state index in [1.54, 1.807) is 6.07 Å². The summed E-state index contributed by atoms with van der Waals surface area (Å²) in [6, 6.07) is 4.38. The van der Waals surface area contributed by atoms with Gasteiger partial charge in [0, 0.05) is 6.54 Å². The molecule has 0 saturated heterocycles. The van der Waals surface area contributed by atoms with E-state index in [1.165, 1.54) is 19.2 Å². The predicted octanol–water partition coefficient (Wildman–Crippen LogP) is 0.650. The van der Waals surface area contributed by atoms with Crippen LogP contribution in [0.1, 0.15) is 27.9 Å². The molecule has 0 fully saturated rings. The highest BCUT2D eigenvalue weighted by Gasteiger charge is 2.24. The van der Waals surface area contributed by atoms with Gasteiger partial charge in [0.2, 0.25) is 0 Å². The van der Waals surface area contributed by atoms with Crippen LogP contribution in [0, 0.1) is 5.92 Å². The number of nitrogens with two attached hydrogens (primary N) is 1. The molecule has 0 bridgehead atoms. The average molecular weight is 295 g/mol. The van der Waals surface area contributed by atoms with Crippen LogP contribution in [0.5, 0.6) is 0 Å². The molecule has 7 heteroatoms. The molecule has 0 aliphatic rings. The molecule has 1 rings (SSSR count). The smallest absolute Gasteiger partial charge is 0.335 e. The minimum Gasteiger partial charge on any atom is -0.481 e. The number of esters is 1. The lowest BCUT2D eigenvalue weighted by atomic mass is 9.92. The summed E-state index contributed by atoms with van der Waals surface area (Å²) in [6.45, 7) is 0.163. The lowest BCUT2D eigenvalue weighted by molar-refractivity contribution is -0.150. The zero-order valence-electron chi connectivity index (χ0n) is 11.5. The zero-order valence-corrected chi connectivity index (χ0v) is 11.5. The van der Waals surface area contributed by atoms with E-state index in [0.717, 1.165) is 0 Å². The van der Waals surface area contributed by atoms with Gasteiger partial charge in [-0.15, -0.1) is 0 Å². The normalized spacial score (nSPS) is 11.7. The van der Waals surface area contributed by atoms with Crippen molar-refractivity contribution >= 4 is 17.9 Å². The minimum atomic E-state index is -1.13. The first-order valence-corrected chi connectivity index (χ1v) is 6.23. The Morgan fingerprint density at radius 3 is 2.38 bits per heavy atom. The maximum absolute atomic E-state index is 11.6. The van der Waals surface area contributed by atoms with Gasteiger partial charge in [0.15, 0.2) is 0 Å². The number of aromatic carboxylic acids is 1. The third kappa shape index (κ3) is 4.57. The molecule has 1 aromatic rings. The molecule has 0 saturated carbocycles. The molecule has 0 aliphatic carbocycles. The van der Waals surface area contributed by atoms with Gasteiger partial charge in [0.1, 0.15) is 0 Å². The molecule has 0 aromatic heterocycles. The molecule has 0 unspecified atom stereocenters. The van der Waals surface area contributed by atoms with Crippen LogP contribution in [0.2, 0.25) is 0 Å². The number of hydrogen-bond donors (Lipinski definition) is 3. The van der Waals surface area contributed by atoms with Crippen molar-refractivity contribution in [3.05, 3.63) is 34.9 Å². The van der Waals surface area contributed by atoms with E-state index < -0.39 is 30.2 Å². The standard InChI is InChI=1S/C14H17NO6/c1-21-14(20)11(6-12(16)17)5-10-4-8(13(18)19)2-3-9(10)7-15/h2-4,11H,5-7,15H2,1H3,(H,16,17)(H,18,19)/t11-/m0/s1. The van der Waals surface area contributed by atoms with E-state index in [9.17, 15) is 14.4 Å². The van der Waals surface area contributed by atoms with Crippen LogP contribution < -0.4 is 5.73 Å². The number of carbonyl (C=O) groups excluding carboxylic acids is 1. The van der Waals surface area contributed by atoms with Gasteiger partial charge in [-0.2, -0.15) is 0 Å². The van der Waals surface area contributed by atoms with Gasteiger partial charge >= 0.3 is 17.9 Å². The van der Waals surface area contributed by atoms with Gasteiger partial charge in [-0.05, 0) is 29.7 Å². The Balaban J connectivity index is 3.11. The molecule has 21 heavy (non-hydrogen) atoms. The summed E-state index contributed by atoms with van der Waals surface area (Å²) in [6.07, 6.45) is -0.333. The quantitative estimate of drug-likeness (QED) is 0.630. The second-order valence-electron chi connectivity index (χ2n) is 4.51. The van der Waals surface area contributed by atoms with Crippen molar-refractivity contribution in [2.24, 2.45) is 11.7 Å². The van der Waals surface area contributed by atoms with Crippen molar-refractivity contribution in [3.63, 3.8) is 0 Å². The van der Waals surface area contributed by atoms with Gasteiger partial charge in [-0.1, -0.05) is 6.07 Å². The van der Waals surface area contributed by atoms with Gasteiger partial charge in [-0.3, -0.25) is 9.59 Å². The van der Waals surface area contributed by atoms with Crippen LogP contribution in [0.3, 0.4) is 0 Å². The molecule has 4 N–H and O–H groups in total. The van der Waals surface area contributed by atoms with Crippen LogP contribution in [0.15, 0.2) is 18.2 Å². The minimum absolute atomic E-state index is 0.0566. The number of benzene rings is 1. The summed E-state index contributed by atoms with van der Waals surface area (Å²) < 4.78 is 4.59. The molecule has 0 aliphatic heterocycles. The van der Waals surface area contributed by atoms with Crippen LogP contribution in [0.4, 0.5) is 0 Å². The van der Waals surface area contributed by atoms with Crippen LogP contribution in [-0.4, -0.2) is 35.2 Å². The number of rotatable bonds is 7. The van der Waals surface area contributed by atoms with Crippen molar-refractivity contribution in [3.8, 4) is 0 Å². The Morgan fingerprint density at radius 2 is 1.90 bits per heavy atom. The Labute approximate surface area is 121 Å². The van der Waals surface area contributed by atoms with Crippen LogP contribution >= 0.6 is 0 Å². The summed E-state index contributed by atoms with van der Waals surface area (Å²) in [5.74, 6) is -3.77. The molecule has 0 radical (unpaired) electrons. The Hall–Kier alpha value is -2.41. The second kappa shape index (κ2) is 7.39. The Kier molecular flexibility index (Phi) is 5.86. The van der Waals surface area contributed by atoms with E-state index in [1.807, 2.05) is 0 Å². The SMILES string of the molecule is COC(=O)[C@H](CC(=O)O)Cc1cc(C(=O)O)ccc1CN. The topological polar surface area (TPSA) is 127 Å². The first-order valence-electron chi connectivity index (χ1n) is 6.23. The number of hydrogen-bond acceptors (Lipinski definition) is 5. The van der Waals surface area contributed by atoms with E-state index in [4.69, 9.17) is 15.9 Å². The molecule has 1 aromatic carbocycles. The third-order valence-electron chi connectivity index (χ3n) is 3.09. The summed E-state index contributed by atoms with van der Waals surface area (Å²) in [5, 5.41) is 17.8. The first-order chi connectivity index (χ1) is 9.88. The molecular weight excluding hydrogens is 278 g/mol. The monoisotopic (exact) mass is 295 g/mol. The highest BCUT2D eigenvalue weighted by Crippen LogP contribution is 2.19. The molecule has 7 nitrogen and oxygen atoms in total. The van der Waals surface area contributed by atoms with Gasteiger partial charge in [-0.25, -0.2) is 4.79 Å². The summed E-state index contributed by atoms with van der Waals surface area (Å²) in [4.78, 5) is 33.4. The highest BCUT2D eigenvalue weighted by atomic mass is 16.5. The maximum atomic E-state index is 11.6. The summed E-state index contributed by atoms with van der Waals surface area (Å²) in [5.41, 5.74) is 6.84. The summed E-state index contributed by atoms with van der Waals surface area (Å²) in [7, 11) is 1.18. The number of carbonyl (C=O) groups is 3. The van der Waals surface area contributed by atoms with E-state index in [2.05, 4.69) is 4.74 Å². The molecule has 0 heterocycles. The second-order valence-corrected chi connectivity index (χ2v) is 4.51. The van der Waals surface area contributed by atoms with Crippen molar-refractivity contribution in [1.82, 2.24) is 0 Å². The Bertz CT molecular complexity index is 554. The number of carboxylic acids is 2. The predicted molar refractivity (Wildman–Crippen MR) is 72.8 cm³/mol.